The van der Waals surface area contributed by atoms with Gasteiger partial charge in [-0.25, -0.2) is 0 Å². The number of Topliss-reactive ketones (excluding diaryl/α,β-unsaturated/α-hetero) is 1. The molecule has 0 saturated heterocycles. The van der Waals surface area contributed by atoms with Gasteiger partial charge in [-0.1, -0.05) is 60.3 Å². The summed E-state index contributed by atoms with van der Waals surface area (Å²) in [6.45, 7) is 2.23. The number of aryl methyl sites for hydroxylation is 1. The molecule has 0 fully saturated rings. The number of amides is 1. The molecule has 7 nitrogen and oxygen atoms in total. The van der Waals surface area contributed by atoms with Crippen molar-refractivity contribution in [3.63, 3.8) is 0 Å². The molecule has 0 bridgehead atoms. The zero-order valence-electron chi connectivity index (χ0n) is 18.7. The van der Waals surface area contributed by atoms with E-state index in [1.807, 2.05) is 84.3 Å². The number of nitrogens with one attached hydrogen (secondary N) is 1. The Morgan fingerprint density at radius 1 is 0.941 bits per heavy atom. The lowest BCUT2D eigenvalue weighted by Crippen LogP contribution is -2.17. The van der Waals surface area contributed by atoms with Crippen molar-refractivity contribution in [1.29, 1.82) is 0 Å². The number of carbonyl (C=O) groups excluding carboxylic acids is 2. The standard InChI is InChI=1S/C26H24N4O3S/c1-19-9-8-14-23(15-19)33-17-24-28-29-26(30(24)21-12-6-3-7-13-21)34-18-22(31)16-25(32)27-20-10-4-2-5-11-20/h2-15H,16-18H2,1H3,(H,27,32). The van der Waals surface area contributed by atoms with Crippen molar-refractivity contribution < 1.29 is 14.3 Å². The number of benzene rings is 3. The van der Waals surface area contributed by atoms with Crippen molar-refractivity contribution in [2.45, 2.75) is 25.1 Å². The van der Waals surface area contributed by atoms with Gasteiger partial charge in [0, 0.05) is 11.4 Å². The first-order valence-electron chi connectivity index (χ1n) is 10.8. The lowest BCUT2D eigenvalue weighted by Gasteiger charge is -2.11. The molecule has 1 heterocycles. The van der Waals surface area contributed by atoms with E-state index in [9.17, 15) is 9.59 Å². The molecule has 0 aliphatic rings. The van der Waals surface area contributed by atoms with Crippen LogP contribution >= 0.6 is 11.8 Å². The summed E-state index contributed by atoms with van der Waals surface area (Å²) < 4.78 is 7.80. The third-order valence-corrected chi connectivity index (χ3v) is 5.84. The van der Waals surface area contributed by atoms with Gasteiger partial charge in [-0.15, -0.1) is 10.2 Å². The van der Waals surface area contributed by atoms with Crippen molar-refractivity contribution >= 4 is 29.1 Å². The second-order valence-corrected chi connectivity index (χ2v) is 8.54. The molecule has 0 aliphatic carbocycles. The Balaban J connectivity index is 1.42. The Bertz CT molecular complexity index is 1260. The topological polar surface area (TPSA) is 86.1 Å². The maximum absolute atomic E-state index is 12.5. The summed E-state index contributed by atoms with van der Waals surface area (Å²) in [6, 6.07) is 26.5. The third kappa shape index (κ3) is 6.32. The van der Waals surface area contributed by atoms with Crippen LogP contribution in [-0.2, 0) is 16.2 Å². The quantitative estimate of drug-likeness (QED) is 0.262. The number of ether oxygens (including phenoxy) is 1. The van der Waals surface area contributed by atoms with Gasteiger partial charge in [0.15, 0.2) is 16.8 Å². The largest absolute Gasteiger partial charge is 0.486 e. The highest BCUT2D eigenvalue weighted by molar-refractivity contribution is 7.99. The molecule has 1 amide bonds. The Morgan fingerprint density at radius 3 is 2.41 bits per heavy atom. The first-order valence-corrected chi connectivity index (χ1v) is 11.8. The number of carbonyl (C=O) groups is 2. The molecule has 4 aromatic rings. The van der Waals surface area contributed by atoms with E-state index in [0.29, 0.717) is 16.7 Å². The smallest absolute Gasteiger partial charge is 0.231 e. The zero-order chi connectivity index (χ0) is 23.8. The minimum atomic E-state index is -0.339. The number of rotatable bonds is 10. The highest BCUT2D eigenvalue weighted by Crippen LogP contribution is 2.24. The molecule has 0 atom stereocenters. The van der Waals surface area contributed by atoms with Gasteiger partial charge < -0.3 is 10.1 Å². The number of aromatic nitrogens is 3. The lowest BCUT2D eigenvalue weighted by molar-refractivity contribution is -0.123. The normalized spacial score (nSPS) is 10.6. The van der Waals surface area contributed by atoms with Gasteiger partial charge in [0.1, 0.15) is 12.4 Å². The molecule has 0 radical (unpaired) electrons. The van der Waals surface area contributed by atoms with Gasteiger partial charge in [0.25, 0.3) is 0 Å². The molecule has 172 valence electrons. The van der Waals surface area contributed by atoms with Gasteiger partial charge in [0.2, 0.25) is 5.91 Å². The molecule has 0 spiro atoms. The summed E-state index contributed by atoms with van der Waals surface area (Å²) in [5.41, 5.74) is 2.63. The third-order valence-electron chi connectivity index (χ3n) is 4.85. The van der Waals surface area contributed by atoms with Crippen LogP contribution in [0.1, 0.15) is 17.8 Å². The van der Waals surface area contributed by atoms with Crippen LogP contribution in [0.3, 0.4) is 0 Å². The number of ketones is 1. The number of anilines is 1. The highest BCUT2D eigenvalue weighted by Gasteiger charge is 2.17. The monoisotopic (exact) mass is 472 g/mol. The van der Waals surface area contributed by atoms with E-state index in [2.05, 4.69) is 15.5 Å². The van der Waals surface area contributed by atoms with Gasteiger partial charge in [-0.05, 0) is 48.9 Å². The minimum absolute atomic E-state index is 0.103. The second kappa shape index (κ2) is 11.3. The maximum Gasteiger partial charge on any atom is 0.231 e. The van der Waals surface area contributed by atoms with Crippen molar-refractivity contribution in [2.24, 2.45) is 0 Å². The summed E-state index contributed by atoms with van der Waals surface area (Å²) in [5.74, 6) is 0.930. The summed E-state index contributed by atoms with van der Waals surface area (Å²) in [6.07, 6.45) is -0.204. The van der Waals surface area contributed by atoms with Crippen molar-refractivity contribution in [3.05, 3.63) is 96.3 Å². The summed E-state index contributed by atoms with van der Waals surface area (Å²) in [4.78, 5) is 24.6. The maximum atomic E-state index is 12.5. The SMILES string of the molecule is Cc1cccc(OCc2nnc(SCC(=O)CC(=O)Nc3ccccc3)n2-c2ccccc2)c1. The van der Waals surface area contributed by atoms with Gasteiger partial charge in [-0.2, -0.15) is 0 Å². The summed E-state index contributed by atoms with van der Waals surface area (Å²) in [7, 11) is 0. The van der Waals surface area contributed by atoms with Crippen molar-refractivity contribution in [3.8, 4) is 11.4 Å². The lowest BCUT2D eigenvalue weighted by atomic mass is 10.2. The molecule has 1 N–H and O–H groups in total. The van der Waals surface area contributed by atoms with E-state index in [0.717, 1.165) is 17.0 Å². The Labute approximate surface area is 202 Å². The van der Waals surface area contributed by atoms with E-state index >= 15 is 0 Å². The molecule has 34 heavy (non-hydrogen) atoms. The molecule has 1 aromatic heterocycles. The van der Waals surface area contributed by atoms with E-state index < -0.39 is 0 Å². The summed E-state index contributed by atoms with van der Waals surface area (Å²) >= 11 is 1.25. The Morgan fingerprint density at radius 2 is 1.68 bits per heavy atom. The van der Waals surface area contributed by atoms with Gasteiger partial charge >= 0.3 is 0 Å². The van der Waals surface area contributed by atoms with Crippen LogP contribution < -0.4 is 10.1 Å². The molecule has 0 saturated carbocycles. The van der Waals surface area contributed by atoms with Gasteiger partial charge in [0.05, 0.1) is 12.2 Å². The first-order chi connectivity index (χ1) is 16.6. The van der Waals surface area contributed by atoms with Crippen LogP contribution in [0, 0.1) is 6.92 Å². The fraction of sp³-hybridized carbons (Fsp3) is 0.154. The predicted octanol–water partition coefficient (Wildman–Crippen LogP) is 4.84. The minimum Gasteiger partial charge on any atom is -0.486 e. The molecule has 0 unspecified atom stereocenters. The molecule has 4 rings (SSSR count). The Kier molecular flexibility index (Phi) is 7.72. The average molecular weight is 473 g/mol. The molecule has 3 aromatic carbocycles. The molecular formula is C26H24N4O3S. The van der Waals surface area contributed by atoms with E-state index in [1.165, 1.54) is 11.8 Å². The van der Waals surface area contributed by atoms with Crippen LogP contribution in [0.25, 0.3) is 5.69 Å². The van der Waals surface area contributed by atoms with E-state index in [-0.39, 0.29) is 30.5 Å². The summed E-state index contributed by atoms with van der Waals surface area (Å²) in [5, 5.41) is 11.9. The van der Waals surface area contributed by atoms with E-state index in [4.69, 9.17) is 4.74 Å². The number of nitrogens with zero attached hydrogens (tertiary/aromatic N) is 3. The van der Waals surface area contributed by atoms with Crippen LogP contribution in [-0.4, -0.2) is 32.2 Å². The van der Waals surface area contributed by atoms with Crippen LogP contribution in [0.2, 0.25) is 0 Å². The number of hydrogen-bond acceptors (Lipinski definition) is 6. The number of thioether (sulfide) groups is 1. The highest BCUT2D eigenvalue weighted by atomic mass is 32.2. The predicted molar refractivity (Wildman–Crippen MR) is 132 cm³/mol. The second-order valence-electron chi connectivity index (χ2n) is 7.59. The molecule has 0 aliphatic heterocycles. The number of hydrogen-bond donors (Lipinski definition) is 1. The van der Waals surface area contributed by atoms with Crippen molar-refractivity contribution in [2.75, 3.05) is 11.1 Å². The molecular weight excluding hydrogens is 448 g/mol. The fourth-order valence-corrected chi connectivity index (χ4v) is 4.11. The molecule has 8 heteroatoms. The Hall–Kier alpha value is -3.91. The number of para-hydroxylation sites is 2. The fourth-order valence-electron chi connectivity index (χ4n) is 3.28. The zero-order valence-corrected chi connectivity index (χ0v) is 19.5. The van der Waals surface area contributed by atoms with Crippen molar-refractivity contribution in [1.82, 2.24) is 14.8 Å². The van der Waals surface area contributed by atoms with Crippen LogP contribution in [0.4, 0.5) is 5.69 Å². The van der Waals surface area contributed by atoms with Crippen LogP contribution in [0.5, 0.6) is 5.75 Å². The first kappa shape index (κ1) is 23.3. The van der Waals surface area contributed by atoms with Gasteiger partial charge in [-0.3, -0.25) is 14.2 Å². The van der Waals surface area contributed by atoms with E-state index in [1.54, 1.807) is 12.1 Å². The average Bonchev–Trinajstić information content (AvgIpc) is 3.25. The van der Waals surface area contributed by atoms with Crippen LogP contribution in [0.15, 0.2) is 90.1 Å².